The summed E-state index contributed by atoms with van der Waals surface area (Å²) in [6.07, 6.45) is -3.59. The molecule has 0 aliphatic carbocycles. The summed E-state index contributed by atoms with van der Waals surface area (Å²) in [7, 11) is 1.13. The van der Waals surface area contributed by atoms with E-state index in [2.05, 4.69) is 11.3 Å². The first-order chi connectivity index (χ1) is 10.3. The summed E-state index contributed by atoms with van der Waals surface area (Å²) in [6.45, 7) is 3.48. The van der Waals surface area contributed by atoms with E-state index < -0.39 is 30.0 Å². The number of amides is 1. The van der Waals surface area contributed by atoms with Crippen LogP contribution in [0.5, 0.6) is 0 Å². The van der Waals surface area contributed by atoms with E-state index in [4.69, 9.17) is 0 Å². The number of ether oxygens (including phenoxy) is 1. The Morgan fingerprint density at radius 1 is 1.32 bits per heavy atom. The van der Waals surface area contributed by atoms with E-state index in [1.54, 1.807) is 18.2 Å². The van der Waals surface area contributed by atoms with Crippen molar-refractivity contribution in [1.29, 1.82) is 0 Å². The molecule has 22 heavy (non-hydrogen) atoms. The third kappa shape index (κ3) is 4.61. The summed E-state index contributed by atoms with van der Waals surface area (Å²) in [5.74, 6) is -3.84. The molecule has 4 nitrogen and oxygen atoms in total. The van der Waals surface area contributed by atoms with Crippen LogP contribution in [-0.2, 0) is 14.3 Å². The van der Waals surface area contributed by atoms with Gasteiger partial charge in [0.15, 0.2) is 0 Å². The van der Waals surface area contributed by atoms with E-state index in [0.717, 1.165) is 7.11 Å². The van der Waals surface area contributed by atoms with Gasteiger partial charge in [0.1, 0.15) is 0 Å². The third-order valence-electron chi connectivity index (χ3n) is 3.03. The van der Waals surface area contributed by atoms with Gasteiger partial charge in [0.25, 0.3) is 0 Å². The molecule has 0 aromatic heterocycles. The van der Waals surface area contributed by atoms with Gasteiger partial charge in [-0.15, -0.1) is 6.58 Å². The molecule has 1 aromatic rings. The van der Waals surface area contributed by atoms with Crippen LogP contribution in [-0.4, -0.2) is 25.2 Å². The number of alkyl halides is 3. The Morgan fingerprint density at radius 2 is 1.91 bits per heavy atom. The molecule has 0 saturated carbocycles. The lowest BCUT2D eigenvalue weighted by molar-refractivity contribution is -0.175. The highest BCUT2D eigenvalue weighted by Crippen LogP contribution is 2.28. The Morgan fingerprint density at radius 3 is 2.36 bits per heavy atom. The summed E-state index contributed by atoms with van der Waals surface area (Å²) in [5.41, 5.74) is 0.373. The molecule has 0 heterocycles. The summed E-state index contributed by atoms with van der Waals surface area (Å²) in [6, 6.07) is 6.77. The highest BCUT2D eigenvalue weighted by molar-refractivity contribution is 5.83. The van der Waals surface area contributed by atoms with Crippen molar-refractivity contribution in [2.24, 2.45) is 5.92 Å². The van der Waals surface area contributed by atoms with Crippen LogP contribution < -0.4 is 5.32 Å². The Kier molecular flexibility index (Phi) is 6.15. The van der Waals surface area contributed by atoms with Crippen molar-refractivity contribution in [2.45, 2.75) is 18.6 Å². The van der Waals surface area contributed by atoms with Gasteiger partial charge >= 0.3 is 18.1 Å². The molecule has 0 spiro atoms. The SMILES string of the molecule is C=CC[C@H](C(=O)OC)[C@@H](NC(=O)C(F)(F)F)c1ccccc1. The molecule has 0 saturated heterocycles. The van der Waals surface area contributed by atoms with E-state index in [1.165, 1.54) is 18.2 Å². The number of hydrogen-bond acceptors (Lipinski definition) is 3. The number of esters is 1. The minimum Gasteiger partial charge on any atom is -0.469 e. The van der Waals surface area contributed by atoms with Crippen LogP contribution in [0.2, 0.25) is 0 Å². The Balaban J connectivity index is 3.17. The maximum absolute atomic E-state index is 12.5. The van der Waals surface area contributed by atoms with Crippen LogP contribution in [0, 0.1) is 5.92 Å². The van der Waals surface area contributed by atoms with E-state index in [0.29, 0.717) is 5.56 Å². The fourth-order valence-corrected chi connectivity index (χ4v) is 2.00. The lowest BCUT2D eigenvalue weighted by Gasteiger charge is -2.26. The first kappa shape index (κ1) is 17.7. The van der Waals surface area contributed by atoms with Gasteiger partial charge in [-0.05, 0) is 12.0 Å². The van der Waals surface area contributed by atoms with Gasteiger partial charge in [0, 0.05) is 0 Å². The van der Waals surface area contributed by atoms with Crippen LogP contribution >= 0.6 is 0 Å². The molecular formula is C15H16F3NO3. The Hall–Kier alpha value is -2.31. The average molecular weight is 315 g/mol. The van der Waals surface area contributed by atoms with Gasteiger partial charge in [0.05, 0.1) is 19.1 Å². The quantitative estimate of drug-likeness (QED) is 0.649. The smallest absolute Gasteiger partial charge is 0.469 e. The van der Waals surface area contributed by atoms with Crippen molar-refractivity contribution in [2.75, 3.05) is 7.11 Å². The fraction of sp³-hybridized carbons (Fsp3) is 0.333. The second-order valence-electron chi connectivity index (χ2n) is 4.51. The maximum atomic E-state index is 12.5. The number of hydrogen-bond donors (Lipinski definition) is 1. The van der Waals surface area contributed by atoms with Gasteiger partial charge in [-0.3, -0.25) is 9.59 Å². The van der Waals surface area contributed by atoms with E-state index in [1.807, 2.05) is 5.32 Å². The van der Waals surface area contributed by atoms with E-state index >= 15 is 0 Å². The highest BCUT2D eigenvalue weighted by Gasteiger charge is 2.42. The number of allylic oxidation sites excluding steroid dienone is 1. The van der Waals surface area contributed by atoms with Crippen LogP contribution in [0.3, 0.4) is 0 Å². The molecule has 2 atom stereocenters. The molecule has 0 radical (unpaired) electrons. The zero-order valence-electron chi connectivity index (χ0n) is 11.9. The van der Waals surface area contributed by atoms with Gasteiger partial charge in [0.2, 0.25) is 0 Å². The predicted molar refractivity (Wildman–Crippen MR) is 73.7 cm³/mol. The van der Waals surface area contributed by atoms with Gasteiger partial charge in [-0.25, -0.2) is 0 Å². The number of rotatable bonds is 6. The number of methoxy groups -OCH3 is 1. The molecular weight excluding hydrogens is 299 g/mol. The van der Waals surface area contributed by atoms with Crippen molar-refractivity contribution >= 4 is 11.9 Å². The fourth-order valence-electron chi connectivity index (χ4n) is 2.00. The number of carbonyl (C=O) groups is 2. The molecule has 1 N–H and O–H groups in total. The molecule has 1 aromatic carbocycles. The van der Waals surface area contributed by atoms with Crippen molar-refractivity contribution < 1.29 is 27.5 Å². The Bertz CT molecular complexity index is 529. The molecule has 1 rings (SSSR count). The number of halogens is 3. The van der Waals surface area contributed by atoms with Crippen molar-refractivity contribution in [3.63, 3.8) is 0 Å². The number of benzene rings is 1. The average Bonchev–Trinajstić information content (AvgIpc) is 2.49. The standard InChI is InChI=1S/C15H16F3NO3/c1-3-7-11(13(20)22-2)12(10-8-5-4-6-9-10)19-14(21)15(16,17)18/h3-6,8-9,11-12H,1,7H2,2H3,(H,19,21)/t11-,12-/m0/s1. The molecule has 0 unspecified atom stereocenters. The Labute approximate surface area is 126 Å². The van der Waals surface area contributed by atoms with Gasteiger partial charge in [-0.2, -0.15) is 13.2 Å². The molecule has 0 aliphatic rings. The van der Waals surface area contributed by atoms with Crippen LogP contribution in [0.15, 0.2) is 43.0 Å². The van der Waals surface area contributed by atoms with Crippen molar-refractivity contribution in [3.05, 3.63) is 48.6 Å². The molecule has 7 heteroatoms. The summed E-state index contributed by atoms with van der Waals surface area (Å²) in [5, 5.41) is 1.86. The second-order valence-corrected chi connectivity index (χ2v) is 4.51. The van der Waals surface area contributed by atoms with Crippen LogP contribution in [0.4, 0.5) is 13.2 Å². The van der Waals surface area contributed by atoms with Crippen molar-refractivity contribution in [1.82, 2.24) is 5.32 Å². The topological polar surface area (TPSA) is 55.4 Å². The van der Waals surface area contributed by atoms with E-state index in [9.17, 15) is 22.8 Å². The molecule has 1 amide bonds. The summed E-state index contributed by atoms with van der Waals surface area (Å²) in [4.78, 5) is 23.1. The van der Waals surface area contributed by atoms with Crippen LogP contribution in [0.25, 0.3) is 0 Å². The second kappa shape index (κ2) is 7.63. The summed E-state index contributed by atoms with van der Waals surface area (Å²) >= 11 is 0. The lowest BCUT2D eigenvalue weighted by Crippen LogP contribution is -2.43. The number of carbonyl (C=O) groups excluding carboxylic acids is 2. The minimum atomic E-state index is -5.04. The lowest BCUT2D eigenvalue weighted by atomic mass is 9.90. The molecule has 0 aliphatic heterocycles. The zero-order valence-corrected chi connectivity index (χ0v) is 11.9. The predicted octanol–water partition coefficient (Wildman–Crippen LogP) is 2.77. The molecule has 120 valence electrons. The maximum Gasteiger partial charge on any atom is 0.471 e. The summed E-state index contributed by atoms with van der Waals surface area (Å²) < 4.78 is 42.1. The first-order valence-electron chi connectivity index (χ1n) is 6.42. The van der Waals surface area contributed by atoms with Gasteiger partial charge < -0.3 is 10.1 Å². The monoisotopic (exact) mass is 315 g/mol. The van der Waals surface area contributed by atoms with E-state index in [-0.39, 0.29) is 6.42 Å². The van der Waals surface area contributed by atoms with Crippen LogP contribution in [0.1, 0.15) is 18.0 Å². The highest BCUT2D eigenvalue weighted by atomic mass is 19.4. The minimum absolute atomic E-state index is 0.0599. The third-order valence-corrected chi connectivity index (χ3v) is 3.03. The normalized spacial score (nSPS) is 13.8. The first-order valence-corrected chi connectivity index (χ1v) is 6.42. The molecule has 0 bridgehead atoms. The van der Waals surface area contributed by atoms with Crippen molar-refractivity contribution in [3.8, 4) is 0 Å². The van der Waals surface area contributed by atoms with Gasteiger partial charge in [-0.1, -0.05) is 36.4 Å². The molecule has 0 fully saturated rings. The zero-order chi connectivity index (χ0) is 16.8. The number of nitrogens with one attached hydrogen (secondary N) is 1. The largest absolute Gasteiger partial charge is 0.471 e.